The normalized spacial score (nSPS) is 21.3. The van der Waals surface area contributed by atoms with Crippen LogP contribution in [0.25, 0.3) is 0 Å². The van der Waals surface area contributed by atoms with Crippen LogP contribution in [0.15, 0.2) is 29.2 Å². The second-order valence-corrected chi connectivity index (χ2v) is 8.20. The van der Waals surface area contributed by atoms with E-state index in [2.05, 4.69) is 0 Å². The quantitative estimate of drug-likeness (QED) is 0.930. The topological polar surface area (TPSA) is 57.6 Å². The molecule has 0 aliphatic carbocycles. The maximum absolute atomic E-state index is 12.9. The van der Waals surface area contributed by atoms with Crippen molar-refractivity contribution in [3.05, 3.63) is 29.8 Å². The number of rotatable bonds is 3. The van der Waals surface area contributed by atoms with Gasteiger partial charge in [0.15, 0.2) is 0 Å². The van der Waals surface area contributed by atoms with Crippen LogP contribution in [0.1, 0.15) is 39.2 Å². The first-order chi connectivity index (χ1) is 9.28. The molecule has 0 bridgehead atoms. The van der Waals surface area contributed by atoms with Crippen LogP contribution in [0.5, 0.6) is 0 Å². The molecule has 0 aromatic heterocycles. The molecule has 2 rings (SSSR count). The molecular formula is C15H23NO3S. The number of hydrogen-bond acceptors (Lipinski definition) is 3. The molecule has 0 radical (unpaired) electrons. The second kappa shape index (κ2) is 5.47. The number of benzene rings is 1. The molecule has 1 saturated heterocycles. The second-order valence-electron chi connectivity index (χ2n) is 6.34. The van der Waals surface area contributed by atoms with Crippen LogP contribution in [-0.2, 0) is 15.4 Å². The Morgan fingerprint density at radius 2 is 1.95 bits per heavy atom. The van der Waals surface area contributed by atoms with Crippen LogP contribution in [-0.4, -0.2) is 37.0 Å². The minimum Gasteiger partial charge on any atom is -0.395 e. The minimum atomic E-state index is -3.54. The Balaban J connectivity index is 2.50. The Kier molecular flexibility index (Phi) is 4.23. The molecule has 1 fully saturated rings. The number of hydrogen-bond donors (Lipinski definition) is 1. The molecule has 1 aromatic carbocycles. The maximum Gasteiger partial charge on any atom is 0.243 e. The van der Waals surface area contributed by atoms with Crippen molar-refractivity contribution in [1.82, 2.24) is 4.31 Å². The predicted octanol–water partition coefficient (Wildman–Crippen LogP) is 2.13. The molecule has 1 atom stereocenters. The summed E-state index contributed by atoms with van der Waals surface area (Å²) in [5.41, 5.74) is 0.585. The number of aliphatic hydroxyl groups excluding tert-OH is 1. The fourth-order valence-electron chi connectivity index (χ4n) is 2.75. The minimum absolute atomic E-state index is 0.114. The summed E-state index contributed by atoms with van der Waals surface area (Å²) in [7, 11) is -3.54. The van der Waals surface area contributed by atoms with Crippen LogP contribution in [0.2, 0.25) is 0 Å². The van der Waals surface area contributed by atoms with Crippen molar-refractivity contribution in [2.75, 3.05) is 13.2 Å². The molecule has 1 heterocycles. The molecule has 0 spiro atoms. The number of nitrogens with zero attached hydrogens (tertiary/aromatic N) is 1. The fourth-order valence-corrected chi connectivity index (χ4v) is 4.83. The Hall–Kier alpha value is -0.910. The van der Waals surface area contributed by atoms with Gasteiger partial charge in [0.05, 0.1) is 11.5 Å². The van der Waals surface area contributed by atoms with Crippen molar-refractivity contribution in [2.45, 2.75) is 50.0 Å². The molecular weight excluding hydrogens is 274 g/mol. The van der Waals surface area contributed by atoms with Crippen LogP contribution in [0, 0.1) is 0 Å². The van der Waals surface area contributed by atoms with Gasteiger partial charge in [-0.3, -0.25) is 0 Å². The Labute approximate surface area is 121 Å². The largest absolute Gasteiger partial charge is 0.395 e. The number of aliphatic hydroxyl groups is 1. The highest BCUT2D eigenvalue weighted by Crippen LogP contribution is 2.33. The van der Waals surface area contributed by atoms with Gasteiger partial charge in [0, 0.05) is 12.6 Å². The van der Waals surface area contributed by atoms with E-state index in [-0.39, 0.29) is 18.1 Å². The molecule has 20 heavy (non-hydrogen) atoms. The summed E-state index contributed by atoms with van der Waals surface area (Å²) in [6.07, 6.45) is 1.54. The molecule has 1 aromatic rings. The third kappa shape index (κ3) is 2.75. The molecule has 0 amide bonds. The van der Waals surface area contributed by atoms with Gasteiger partial charge in [0.1, 0.15) is 0 Å². The van der Waals surface area contributed by atoms with Gasteiger partial charge in [-0.2, -0.15) is 4.31 Å². The van der Waals surface area contributed by atoms with Crippen molar-refractivity contribution in [1.29, 1.82) is 0 Å². The highest BCUT2D eigenvalue weighted by molar-refractivity contribution is 7.89. The van der Waals surface area contributed by atoms with Gasteiger partial charge in [-0.1, -0.05) is 39.0 Å². The lowest BCUT2D eigenvalue weighted by atomic mass is 9.87. The first-order valence-electron chi connectivity index (χ1n) is 7.00. The molecule has 1 N–H and O–H groups in total. The Morgan fingerprint density at radius 1 is 1.30 bits per heavy atom. The molecule has 4 nitrogen and oxygen atoms in total. The van der Waals surface area contributed by atoms with Gasteiger partial charge in [-0.15, -0.1) is 0 Å². The van der Waals surface area contributed by atoms with Crippen LogP contribution < -0.4 is 0 Å². The summed E-state index contributed by atoms with van der Waals surface area (Å²) in [4.78, 5) is 0.368. The van der Waals surface area contributed by atoms with Gasteiger partial charge in [0.2, 0.25) is 10.0 Å². The highest BCUT2D eigenvalue weighted by Gasteiger charge is 2.37. The lowest BCUT2D eigenvalue weighted by Gasteiger charge is -2.27. The van der Waals surface area contributed by atoms with Crippen LogP contribution in [0.4, 0.5) is 0 Å². The van der Waals surface area contributed by atoms with E-state index in [0.29, 0.717) is 11.4 Å². The van der Waals surface area contributed by atoms with Crippen LogP contribution in [0.3, 0.4) is 0 Å². The summed E-state index contributed by atoms with van der Waals surface area (Å²) in [6, 6.07) is 6.88. The summed E-state index contributed by atoms with van der Waals surface area (Å²) < 4.78 is 27.2. The monoisotopic (exact) mass is 297 g/mol. The third-order valence-electron chi connectivity index (χ3n) is 3.82. The first-order valence-corrected chi connectivity index (χ1v) is 8.44. The standard InChI is InChI=1S/C15H23NO3S/c1-15(2,3)13-8-4-5-9-14(13)20(18,19)16-10-6-7-12(16)11-17/h4-5,8-9,12,17H,6-7,10-11H2,1-3H3/t12-/m0/s1. The van der Waals surface area contributed by atoms with E-state index in [0.717, 1.165) is 18.4 Å². The van der Waals surface area contributed by atoms with Crippen molar-refractivity contribution >= 4 is 10.0 Å². The van der Waals surface area contributed by atoms with E-state index in [1.807, 2.05) is 32.9 Å². The van der Waals surface area contributed by atoms with Crippen molar-refractivity contribution in [3.8, 4) is 0 Å². The van der Waals surface area contributed by atoms with Gasteiger partial charge in [-0.25, -0.2) is 8.42 Å². The van der Waals surface area contributed by atoms with Gasteiger partial charge < -0.3 is 5.11 Å². The molecule has 112 valence electrons. The molecule has 1 aliphatic heterocycles. The van der Waals surface area contributed by atoms with E-state index >= 15 is 0 Å². The first kappa shape index (κ1) is 15.5. The molecule has 5 heteroatoms. The fraction of sp³-hybridized carbons (Fsp3) is 0.600. The smallest absolute Gasteiger partial charge is 0.243 e. The summed E-state index contributed by atoms with van der Waals surface area (Å²) in [6.45, 7) is 6.40. The van der Waals surface area contributed by atoms with Gasteiger partial charge in [-0.05, 0) is 29.9 Å². The lowest BCUT2D eigenvalue weighted by molar-refractivity contribution is 0.213. The van der Waals surface area contributed by atoms with E-state index in [1.165, 1.54) is 4.31 Å². The zero-order chi connectivity index (χ0) is 15.0. The van der Waals surface area contributed by atoms with Crippen molar-refractivity contribution in [3.63, 3.8) is 0 Å². The Bertz CT molecular complexity index is 575. The maximum atomic E-state index is 12.9. The average Bonchev–Trinajstić information content (AvgIpc) is 2.86. The predicted molar refractivity (Wildman–Crippen MR) is 79.1 cm³/mol. The zero-order valence-corrected chi connectivity index (χ0v) is 13.2. The van der Waals surface area contributed by atoms with Crippen LogP contribution >= 0.6 is 0 Å². The van der Waals surface area contributed by atoms with Crippen molar-refractivity contribution in [2.24, 2.45) is 0 Å². The van der Waals surface area contributed by atoms with Gasteiger partial charge >= 0.3 is 0 Å². The SMILES string of the molecule is CC(C)(C)c1ccccc1S(=O)(=O)N1CCC[C@H]1CO. The van der Waals surface area contributed by atoms with Crippen molar-refractivity contribution < 1.29 is 13.5 Å². The Morgan fingerprint density at radius 3 is 2.55 bits per heavy atom. The molecule has 0 saturated carbocycles. The third-order valence-corrected chi connectivity index (χ3v) is 5.83. The highest BCUT2D eigenvalue weighted by atomic mass is 32.2. The van der Waals surface area contributed by atoms with E-state index in [1.54, 1.807) is 12.1 Å². The average molecular weight is 297 g/mol. The summed E-state index contributed by atoms with van der Waals surface area (Å²) in [5.74, 6) is 0. The molecule has 1 aliphatic rings. The molecule has 0 unspecified atom stereocenters. The van der Waals surface area contributed by atoms with E-state index < -0.39 is 10.0 Å². The van der Waals surface area contributed by atoms with E-state index in [4.69, 9.17) is 0 Å². The number of sulfonamides is 1. The zero-order valence-electron chi connectivity index (χ0n) is 12.3. The summed E-state index contributed by atoms with van der Waals surface area (Å²) >= 11 is 0. The summed E-state index contributed by atoms with van der Waals surface area (Å²) in [5, 5.41) is 9.37. The lowest BCUT2D eigenvalue weighted by Crippen LogP contribution is -2.38. The van der Waals surface area contributed by atoms with Gasteiger partial charge in [0.25, 0.3) is 0 Å². The van der Waals surface area contributed by atoms with E-state index in [9.17, 15) is 13.5 Å².